The zero-order valence-electron chi connectivity index (χ0n) is 11.1. The molecular weight excluding hydrogens is 270 g/mol. The van der Waals surface area contributed by atoms with Crippen molar-refractivity contribution in [3.05, 3.63) is 88.0 Å². The van der Waals surface area contributed by atoms with Crippen LogP contribution in [-0.2, 0) is 0 Å². The molecule has 1 atom stereocenters. The number of carbonyl (C=O) groups excluding carboxylic acids is 1. The number of aliphatic hydroxyl groups is 1. The molecule has 0 aromatic heterocycles. The van der Waals surface area contributed by atoms with E-state index in [1.807, 2.05) is 0 Å². The Hall–Kier alpha value is -2.79. The molecular formula is C16H13NO4. The van der Waals surface area contributed by atoms with Crippen molar-refractivity contribution in [2.24, 2.45) is 0 Å². The summed E-state index contributed by atoms with van der Waals surface area (Å²) in [5.74, 6) is -0.360. The first kappa shape index (κ1) is 14.6. The number of hydrogen-bond acceptors (Lipinski definition) is 4. The van der Waals surface area contributed by atoms with Crippen LogP contribution in [0.5, 0.6) is 0 Å². The zero-order chi connectivity index (χ0) is 15.4. The number of carbonyl (C=O) groups is 1. The fraction of sp³-hybridized carbons (Fsp3) is 0.0625. The predicted molar refractivity (Wildman–Crippen MR) is 78.0 cm³/mol. The molecule has 0 amide bonds. The lowest BCUT2D eigenvalue weighted by Crippen LogP contribution is -2.11. The number of nitrogens with zero attached hydrogens (tertiary/aromatic N) is 1. The molecule has 21 heavy (non-hydrogen) atoms. The van der Waals surface area contributed by atoms with Crippen molar-refractivity contribution in [2.75, 3.05) is 0 Å². The molecule has 1 unspecified atom stereocenters. The van der Waals surface area contributed by atoms with Crippen LogP contribution >= 0.6 is 0 Å². The van der Waals surface area contributed by atoms with Crippen LogP contribution in [0.2, 0.25) is 0 Å². The molecule has 5 nitrogen and oxygen atoms in total. The molecule has 0 radical (unpaired) electrons. The average Bonchev–Trinajstić information content (AvgIpc) is 2.53. The summed E-state index contributed by atoms with van der Waals surface area (Å²) < 4.78 is 0. The van der Waals surface area contributed by atoms with Gasteiger partial charge in [0.25, 0.3) is 5.69 Å². The van der Waals surface area contributed by atoms with E-state index >= 15 is 0 Å². The van der Waals surface area contributed by atoms with Crippen LogP contribution in [0.4, 0.5) is 5.69 Å². The fourth-order valence-electron chi connectivity index (χ4n) is 1.88. The number of rotatable bonds is 5. The average molecular weight is 283 g/mol. The molecule has 1 N–H and O–H groups in total. The molecule has 0 fully saturated rings. The van der Waals surface area contributed by atoms with Gasteiger partial charge in [0.15, 0.2) is 5.78 Å². The van der Waals surface area contributed by atoms with Crippen LogP contribution in [0.15, 0.2) is 66.7 Å². The minimum Gasteiger partial charge on any atom is -0.384 e. The van der Waals surface area contributed by atoms with Gasteiger partial charge in [-0.1, -0.05) is 36.9 Å². The number of non-ortho nitro benzene ring substituents is 1. The van der Waals surface area contributed by atoms with Crippen molar-refractivity contribution in [1.82, 2.24) is 0 Å². The SMILES string of the molecule is C=C(C(=O)c1ccccc1)C(O)c1ccc([N+](=O)[O-])cc1. The second-order valence-electron chi connectivity index (χ2n) is 4.47. The second kappa shape index (κ2) is 6.11. The number of ketones is 1. The highest BCUT2D eigenvalue weighted by atomic mass is 16.6. The number of aliphatic hydroxyl groups excluding tert-OH is 1. The molecule has 0 saturated heterocycles. The molecule has 0 aliphatic rings. The number of hydrogen-bond donors (Lipinski definition) is 1. The topological polar surface area (TPSA) is 80.4 Å². The van der Waals surface area contributed by atoms with Gasteiger partial charge >= 0.3 is 0 Å². The molecule has 0 saturated carbocycles. The minimum absolute atomic E-state index is 0.0232. The Morgan fingerprint density at radius 1 is 1.10 bits per heavy atom. The van der Waals surface area contributed by atoms with Gasteiger partial charge in [-0.2, -0.15) is 0 Å². The standard InChI is InChI=1S/C16H13NO4/c1-11(15(18)12-5-3-2-4-6-12)16(19)13-7-9-14(10-8-13)17(20)21/h2-10,16,19H,1H2. The van der Waals surface area contributed by atoms with Crippen LogP contribution in [0.1, 0.15) is 22.0 Å². The summed E-state index contributed by atoms with van der Waals surface area (Å²) in [6, 6.07) is 13.9. The van der Waals surface area contributed by atoms with Gasteiger partial charge in [-0.05, 0) is 17.7 Å². The maximum absolute atomic E-state index is 12.2. The van der Waals surface area contributed by atoms with Gasteiger partial charge in [-0.25, -0.2) is 0 Å². The Kier molecular flexibility index (Phi) is 4.25. The first-order chi connectivity index (χ1) is 10.0. The van der Waals surface area contributed by atoms with Gasteiger partial charge < -0.3 is 5.11 Å². The van der Waals surface area contributed by atoms with Gasteiger partial charge in [0.1, 0.15) is 6.10 Å². The summed E-state index contributed by atoms with van der Waals surface area (Å²) >= 11 is 0. The third-order valence-corrected chi connectivity index (χ3v) is 3.08. The third kappa shape index (κ3) is 3.21. The number of benzene rings is 2. The van der Waals surface area contributed by atoms with Crippen molar-refractivity contribution in [1.29, 1.82) is 0 Å². The Morgan fingerprint density at radius 2 is 1.67 bits per heavy atom. The van der Waals surface area contributed by atoms with E-state index in [2.05, 4.69) is 6.58 Å². The van der Waals surface area contributed by atoms with Crippen molar-refractivity contribution >= 4 is 11.5 Å². The van der Waals surface area contributed by atoms with Gasteiger partial charge in [0, 0.05) is 23.3 Å². The smallest absolute Gasteiger partial charge is 0.269 e. The summed E-state index contributed by atoms with van der Waals surface area (Å²) in [7, 11) is 0. The van der Waals surface area contributed by atoms with E-state index in [4.69, 9.17) is 0 Å². The fourth-order valence-corrected chi connectivity index (χ4v) is 1.88. The van der Waals surface area contributed by atoms with Crippen LogP contribution in [0.3, 0.4) is 0 Å². The summed E-state index contributed by atoms with van der Waals surface area (Å²) in [6.45, 7) is 3.63. The van der Waals surface area contributed by atoms with Gasteiger partial charge in [0.2, 0.25) is 0 Å². The summed E-state index contributed by atoms with van der Waals surface area (Å²) in [5, 5.41) is 20.7. The lowest BCUT2D eigenvalue weighted by molar-refractivity contribution is -0.384. The predicted octanol–water partition coefficient (Wildman–Crippen LogP) is 3.07. The van der Waals surface area contributed by atoms with Crippen molar-refractivity contribution < 1.29 is 14.8 Å². The van der Waals surface area contributed by atoms with E-state index in [1.54, 1.807) is 30.3 Å². The molecule has 2 aromatic carbocycles. The van der Waals surface area contributed by atoms with E-state index in [0.717, 1.165) is 0 Å². The number of Topliss-reactive ketones (excluding diaryl/α,β-unsaturated/α-hetero) is 1. The van der Waals surface area contributed by atoms with Gasteiger partial charge in [-0.15, -0.1) is 0 Å². The second-order valence-corrected chi connectivity index (χ2v) is 4.47. The van der Waals surface area contributed by atoms with Crippen molar-refractivity contribution in [2.45, 2.75) is 6.10 Å². The normalized spacial score (nSPS) is 11.7. The number of nitro groups is 1. The lowest BCUT2D eigenvalue weighted by atomic mass is 9.95. The van der Waals surface area contributed by atoms with Crippen LogP contribution in [0, 0.1) is 10.1 Å². The summed E-state index contributed by atoms with van der Waals surface area (Å²) in [5.41, 5.74) is 0.763. The molecule has 5 heteroatoms. The van der Waals surface area contributed by atoms with Crippen molar-refractivity contribution in [3.63, 3.8) is 0 Å². The third-order valence-electron chi connectivity index (χ3n) is 3.08. The van der Waals surface area contributed by atoms with Crippen LogP contribution < -0.4 is 0 Å². The van der Waals surface area contributed by atoms with E-state index < -0.39 is 11.0 Å². The molecule has 0 bridgehead atoms. The highest BCUT2D eigenvalue weighted by molar-refractivity contribution is 6.08. The maximum atomic E-state index is 12.2. The summed E-state index contributed by atoms with van der Waals surface area (Å²) in [4.78, 5) is 22.2. The maximum Gasteiger partial charge on any atom is 0.269 e. The van der Waals surface area contributed by atoms with Crippen LogP contribution in [-0.4, -0.2) is 15.8 Å². The van der Waals surface area contributed by atoms with E-state index in [0.29, 0.717) is 11.1 Å². The highest BCUT2D eigenvalue weighted by Crippen LogP contribution is 2.25. The Morgan fingerprint density at radius 3 is 2.19 bits per heavy atom. The first-order valence-corrected chi connectivity index (χ1v) is 6.21. The van der Waals surface area contributed by atoms with E-state index in [9.17, 15) is 20.0 Å². The molecule has 0 aliphatic carbocycles. The Balaban J connectivity index is 2.19. The first-order valence-electron chi connectivity index (χ1n) is 6.21. The van der Waals surface area contributed by atoms with Gasteiger partial charge in [-0.3, -0.25) is 14.9 Å². The van der Waals surface area contributed by atoms with E-state index in [1.165, 1.54) is 24.3 Å². The minimum atomic E-state index is -1.20. The van der Waals surface area contributed by atoms with Crippen LogP contribution in [0.25, 0.3) is 0 Å². The molecule has 0 spiro atoms. The Labute approximate surface area is 121 Å². The number of nitro benzene ring substituents is 1. The molecule has 0 heterocycles. The van der Waals surface area contributed by atoms with Gasteiger partial charge in [0.05, 0.1) is 4.92 Å². The molecule has 2 aromatic rings. The zero-order valence-corrected chi connectivity index (χ0v) is 11.1. The lowest BCUT2D eigenvalue weighted by Gasteiger charge is -2.13. The largest absolute Gasteiger partial charge is 0.384 e. The highest BCUT2D eigenvalue weighted by Gasteiger charge is 2.20. The van der Waals surface area contributed by atoms with Crippen molar-refractivity contribution in [3.8, 4) is 0 Å². The molecule has 106 valence electrons. The quantitative estimate of drug-likeness (QED) is 0.396. The summed E-state index contributed by atoms with van der Waals surface area (Å²) in [6.07, 6.45) is -1.20. The Bertz CT molecular complexity index is 677. The monoisotopic (exact) mass is 283 g/mol. The molecule has 0 aliphatic heterocycles. The van der Waals surface area contributed by atoms with E-state index in [-0.39, 0.29) is 17.0 Å². The molecule has 2 rings (SSSR count).